The highest BCUT2D eigenvalue weighted by Gasteiger charge is 2.32. The Morgan fingerprint density at radius 3 is 2.56 bits per heavy atom. The predicted octanol–water partition coefficient (Wildman–Crippen LogP) is 3.04. The van der Waals surface area contributed by atoms with E-state index in [1.165, 1.54) is 40.7 Å². The first kappa shape index (κ1) is 22.2. The van der Waals surface area contributed by atoms with Gasteiger partial charge in [0.2, 0.25) is 15.9 Å². The van der Waals surface area contributed by atoms with E-state index in [0.29, 0.717) is 18.6 Å². The molecule has 10 heteroatoms. The second kappa shape index (κ2) is 8.51. The highest BCUT2D eigenvalue weighted by molar-refractivity contribution is 7.89. The summed E-state index contributed by atoms with van der Waals surface area (Å²) in [5.74, 6) is -1.32. The van der Waals surface area contributed by atoms with Gasteiger partial charge in [0, 0.05) is 24.8 Å². The van der Waals surface area contributed by atoms with Crippen molar-refractivity contribution in [3.8, 4) is 0 Å². The van der Waals surface area contributed by atoms with Crippen molar-refractivity contribution in [2.24, 2.45) is 11.8 Å². The quantitative estimate of drug-likeness (QED) is 0.629. The molecule has 3 aromatic rings. The minimum atomic E-state index is -3.74. The zero-order valence-electron chi connectivity index (χ0n) is 17.7. The van der Waals surface area contributed by atoms with Gasteiger partial charge in [0.25, 0.3) is 0 Å². The molecule has 0 unspecified atom stereocenters. The van der Waals surface area contributed by atoms with E-state index in [4.69, 9.17) is 4.42 Å². The monoisotopic (exact) mass is 461 g/mol. The third kappa shape index (κ3) is 4.46. The topological polar surface area (TPSA) is 102 Å². The van der Waals surface area contributed by atoms with Gasteiger partial charge in [-0.25, -0.2) is 17.6 Å². The molecule has 1 aliphatic rings. The summed E-state index contributed by atoms with van der Waals surface area (Å²) in [7, 11) is -3.74. The average Bonchev–Trinajstić information content (AvgIpc) is 3.01. The molecule has 0 saturated carbocycles. The number of piperidine rings is 1. The van der Waals surface area contributed by atoms with E-state index in [2.05, 4.69) is 5.32 Å². The van der Waals surface area contributed by atoms with Crippen molar-refractivity contribution < 1.29 is 22.0 Å². The molecule has 8 nitrogen and oxygen atoms in total. The van der Waals surface area contributed by atoms with Crippen LogP contribution in [0.25, 0.3) is 11.1 Å². The molecule has 1 fully saturated rings. The van der Waals surface area contributed by atoms with Gasteiger partial charge >= 0.3 is 5.76 Å². The zero-order chi connectivity index (χ0) is 23.0. The molecule has 2 atom stereocenters. The van der Waals surface area contributed by atoms with Gasteiger partial charge < -0.3 is 9.73 Å². The SMILES string of the molecule is C[C@@H]1C[C@H](C)CN(S(=O)(=O)c2ccc3c(c2)oc(=O)n3CC(=O)Nc2cccc(F)c2)C1. The lowest BCUT2D eigenvalue weighted by Crippen LogP contribution is -2.42. The molecule has 4 rings (SSSR count). The molecule has 1 aliphatic heterocycles. The maximum Gasteiger partial charge on any atom is 0.420 e. The fourth-order valence-electron chi connectivity index (χ4n) is 4.22. The van der Waals surface area contributed by atoms with E-state index in [1.807, 2.05) is 13.8 Å². The normalized spacial score (nSPS) is 19.8. The van der Waals surface area contributed by atoms with Gasteiger partial charge in [-0.05, 0) is 48.6 Å². The number of aromatic nitrogens is 1. The summed E-state index contributed by atoms with van der Waals surface area (Å²) < 4.78 is 47.3. The van der Waals surface area contributed by atoms with Crippen LogP contribution in [0, 0.1) is 17.7 Å². The Morgan fingerprint density at radius 2 is 1.88 bits per heavy atom. The Balaban J connectivity index is 1.59. The summed E-state index contributed by atoms with van der Waals surface area (Å²) in [5, 5.41) is 2.52. The molecule has 170 valence electrons. The van der Waals surface area contributed by atoms with Crippen LogP contribution in [0.5, 0.6) is 0 Å². The summed E-state index contributed by atoms with van der Waals surface area (Å²) in [5.41, 5.74) is 0.630. The van der Waals surface area contributed by atoms with Gasteiger partial charge in [-0.2, -0.15) is 4.31 Å². The van der Waals surface area contributed by atoms with Crippen molar-refractivity contribution in [3.05, 3.63) is 58.8 Å². The Hall–Kier alpha value is -2.98. The number of nitrogens with zero attached hydrogens (tertiary/aromatic N) is 2. The lowest BCUT2D eigenvalue weighted by molar-refractivity contribution is -0.116. The second-order valence-corrected chi connectivity index (χ2v) is 10.3. The number of oxazole rings is 1. The van der Waals surface area contributed by atoms with Crippen LogP contribution < -0.4 is 11.1 Å². The van der Waals surface area contributed by atoms with Gasteiger partial charge in [-0.3, -0.25) is 9.36 Å². The third-order valence-corrected chi connectivity index (χ3v) is 7.35. The number of anilines is 1. The fourth-order valence-corrected chi connectivity index (χ4v) is 5.91. The van der Waals surface area contributed by atoms with Crippen molar-refractivity contribution in [1.29, 1.82) is 0 Å². The highest BCUT2D eigenvalue weighted by Crippen LogP contribution is 2.28. The molecule has 1 amide bonds. The summed E-state index contributed by atoms with van der Waals surface area (Å²) in [6.07, 6.45) is 0.973. The smallest absolute Gasteiger partial charge is 0.408 e. The van der Waals surface area contributed by atoms with E-state index >= 15 is 0 Å². The number of fused-ring (bicyclic) bond motifs is 1. The van der Waals surface area contributed by atoms with Crippen molar-refractivity contribution in [2.45, 2.75) is 31.7 Å². The van der Waals surface area contributed by atoms with Crippen molar-refractivity contribution in [3.63, 3.8) is 0 Å². The Kier molecular flexibility index (Phi) is 5.91. The third-order valence-electron chi connectivity index (χ3n) is 5.52. The number of hydrogen-bond acceptors (Lipinski definition) is 5. The summed E-state index contributed by atoms with van der Waals surface area (Å²) in [4.78, 5) is 24.7. The van der Waals surface area contributed by atoms with Crippen LogP contribution >= 0.6 is 0 Å². The number of rotatable bonds is 5. The van der Waals surface area contributed by atoms with E-state index in [1.54, 1.807) is 0 Å². The van der Waals surface area contributed by atoms with Crippen LogP contribution in [0.4, 0.5) is 10.1 Å². The molecular formula is C22H24FN3O5S. The molecule has 1 N–H and O–H groups in total. The van der Waals surface area contributed by atoms with Crippen molar-refractivity contribution in [1.82, 2.24) is 8.87 Å². The highest BCUT2D eigenvalue weighted by atomic mass is 32.2. The number of carbonyl (C=O) groups is 1. The number of hydrogen-bond donors (Lipinski definition) is 1. The van der Waals surface area contributed by atoms with Gasteiger partial charge in [-0.15, -0.1) is 0 Å². The van der Waals surface area contributed by atoms with E-state index in [-0.39, 0.29) is 34.5 Å². The average molecular weight is 462 g/mol. The maximum atomic E-state index is 13.3. The van der Waals surface area contributed by atoms with Crippen molar-refractivity contribution >= 4 is 32.7 Å². The molecule has 2 aromatic carbocycles. The van der Waals surface area contributed by atoms with Crippen LogP contribution in [-0.4, -0.2) is 36.3 Å². The fraction of sp³-hybridized carbons (Fsp3) is 0.364. The molecule has 32 heavy (non-hydrogen) atoms. The van der Waals surface area contributed by atoms with E-state index < -0.39 is 27.5 Å². The summed E-state index contributed by atoms with van der Waals surface area (Å²) >= 11 is 0. The van der Waals surface area contributed by atoms with Crippen LogP contribution in [0.1, 0.15) is 20.3 Å². The summed E-state index contributed by atoms with van der Waals surface area (Å²) in [6.45, 7) is 4.56. The van der Waals surface area contributed by atoms with E-state index in [0.717, 1.165) is 17.1 Å². The van der Waals surface area contributed by atoms with Gasteiger partial charge in [-0.1, -0.05) is 19.9 Å². The predicted molar refractivity (Wildman–Crippen MR) is 117 cm³/mol. The van der Waals surface area contributed by atoms with Crippen LogP contribution in [0.3, 0.4) is 0 Å². The van der Waals surface area contributed by atoms with Gasteiger partial charge in [0.1, 0.15) is 12.4 Å². The first-order chi connectivity index (χ1) is 15.1. The number of amides is 1. The first-order valence-corrected chi connectivity index (χ1v) is 11.8. The molecule has 1 saturated heterocycles. The lowest BCUT2D eigenvalue weighted by atomic mass is 9.94. The number of benzene rings is 2. The number of nitrogens with one attached hydrogen (secondary N) is 1. The molecule has 0 spiro atoms. The molecule has 2 heterocycles. The molecule has 0 radical (unpaired) electrons. The Bertz CT molecular complexity index is 1320. The van der Waals surface area contributed by atoms with Gasteiger partial charge in [0.05, 0.1) is 10.4 Å². The van der Waals surface area contributed by atoms with Gasteiger partial charge in [0.15, 0.2) is 5.58 Å². The second-order valence-electron chi connectivity index (χ2n) is 8.41. The molecule has 0 bridgehead atoms. The number of sulfonamides is 1. The first-order valence-electron chi connectivity index (χ1n) is 10.3. The van der Waals surface area contributed by atoms with Crippen molar-refractivity contribution in [2.75, 3.05) is 18.4 Å². The van der Waals surface area contributed by atoms with Crippen LogP contribution in [-0.2, 0) is 21.4 Å². The molecular weight excluding hydrogens is 437 g/mol. The minimum Gasteiger partial charge on any atom is -0.408 e. The zero-order valence-corrected chi connectivity index (χ0v) is 18.6. The minimum absolute atomic E-state index is 0.0383. The Morgan fingerprint density at radius 1 is 1.16 bits per heavy atom. The number of carbonyl (C=O) groups excluding carboxylic acids is 1. The van der Waals surface area contributed by atoms with Crippen LogP contribution in [0.2, 0.25) is 0 Å². The number of halogens is 1. The Labute approximate surface area is 184 Å². The standard InChI is InChI=1S/C22H24FN3O5S/c1-14-8-15(2)12-25(11-14)32(29,30)18-6-7-19-20(10-18)31-22(28)26(19)13-21(27)24-17-5-3-4-16(23)9-17/h3-7,9-10,14-15H,8,11-13H2,1-2H3,(H,24,27)/t14-,15+. The lowest BCUT2D eigenvalue weighted by Gasteiger charge is -2.34. The molecule has 1 aromatic heterocycles. The summed E-state index contributed by atoms with van der Waals surface area (Å²) in [6, 6.07) is 9.58. The maximum absolute atomic E-state index is 13.3. The largest absolute Gasteiger partial charge is 0.420 e. The van der Waals surface area contributed by atoms with E-state index in [9.17, 15) is 22.4 Å². The van der Waals surface area contributed by atoms with Crippen LogP contribution in [0.15, 0.2) is 56.6 Å². The molecule has 0 aliphatic carbocycles.